The fraction of sp³-hybridized carbons (Fsp3) is 0.222. The van der Waals surface area contributed by atoms with Gasteiger partial charge in [0.05, 0.1) is 18.8 Å². The third-order valence-corrected chi connectivity index (χ3v) is 5.80. The predicted molar refractivity (Wildman–Crippen MR) is 135 cm³/mol. The smallest absolute Gasteiger partial charge is 0.336 e. The highest BCUT2D eigenvalue weighted by atomic mass is 16.5. The summed E-state index contributed by atoms with van der Waals surface area (Å²) in [6.45, 7) is 4.87. The Bertz CT molecular complexity index is 1360. The maximum absolute atomic E-state index is 11.4. The number of aromatic nitrogens is 2. The first-order chi connectivity index (χ1) is 17.6. The maximum atomic E-state index is 11.4. The van der Waals surface area contributed by atoms with Gasteiger partial charge in [-0.05, 0) is 47.2 Å². The number of carboxylic acid groups (broad SMARTS) is 1. The summed E-state index contributed by atoms with van der Waals surface area (Å²) in [5.41, 5.74) is 1.04. The van der Waals surface area contributed by atoms with Crippen LogP contribution in [0.1, 0.15) is 10.4 Å². The van der Waals surface area contributed by atoms with Gasteiger partial charge >= 0.3 is 5.97 Å². The number of carbonyl (C=O) groups is 1. The van der Waals surface area contributed by atoms with Gasteiger partial charge in [-0.15, -0.1) is 0 Å². The fourth-order valence-electron chi connectivity index (χ4n) is 4.00. The molecule has 1 fully saturated rings. The monoisotopic (exact) mass is 486 g/mol. The van der Waals surface area contributed by atoms with Crippen molar-refractivity contribution in [3.05, 3.63) is 78.5 Å². The molecule has 1 aromatic heterocycles. The van der Waals surface area contributed by atoms with Crippen LogP contribution in [0, 0.1) is 0 Å². The molecular weight excluding hydrogens is 460 g/mol. The van der Waals surface area contributed by atoms with Gasteiger partial charge in [0.2, 0.25) is 11.8 Å². The first-order valence-corrected chi connectivity index (χ1v) is 11.7. The molecule has 0 bridgehead atoms. The van der Waals surface area contributed by atoms with Gasteiger partial charge in [-0.1, -0.05) is 18.2 Å². The van der Waals surface area contributed by atoms with Gasteiger partial charge in [-0.2, -0.15) is 4.98 Å². The summed E-state index contributed by atoms with van der Waals surface area (Å²) in [7, 11) is 0. The second-order valence-electron chi connectivity index (χ2n) is 8.27. The quantitative estimate of drug-likeness (QED) is 0.352. The van der Waals surface area contributed by atoms with E-state index in [9.17, 15) is 9.90 Å². The Balaban J connectivity index is 1.22. The second-order valence-corrected chi connectivity index (χ2v) is 8.27. The first-order valence-electron chi connectivity index (χ1n) is 11.7. The minimum atomic E-state index is -0.965. The molecule has 9 nitrogen and oxygen atoms in total. The molecule has 0 amide bonds. The van der Waals surface area contributed by atoms with Gasteiger partial charge in [0.25, 0.3) is 0 Å². The Kier molecular flexibility index (Phi) is 7.20. The van der Waals surface area contributed by atoms with Crippen LogP contribution in [-0.2, 0) is 4.74 Å². The predicted octanol–water partition coefficient (Wildman–Crippen LogP) is 4.57. The van der Waals surface area contributed by atoms with Crippen molar-refractivity contribution in [3.63, 3.8) is 0 Å². The van der Waals surface area contributed by atoms with E-state index in [0.29, 0.717) is 29.6 Å². The van der Waals surface area contributed by atoms with E-state index in [1.807, 2.05) is 30.3 Å². The lowest BCUT2D eigenvalue weighted by Crippen LogP contribution is -2.38. The van der Waals surface area contributed by atoms with Gasteiger partial charge < -0.3 is 24.6 Å². The average molecular weight is 487 g/mol. The number of nitrogens with one attached hydrogen (secondary N) is 1. The molecule has 0 spiro atoms. The minimum Gasteiger partial charge on any atom is -0.492 e. The molecule has 1 aliphatic heterocycles. The molecule has 0 atom stereocenters. The zero-order valence-corrected chi connectivity index (χ0v) is 19.6. The molecule has 9 heteroatoms. The number of hydrogen-bond acceptors (Lipinski definition) is 8. The molecule has 1 aliphatic rings. The summed E-state index contributed by atoms with van der Waals surface area (Å²) >= 11 is 0. The molecule has 5 rings (SSSR count). The van der Waals surface area contributed by atoms with Crippen molar-refractivity contribution >= 4 is 28.4 Å². The average Bonchev–Trinajstić information content (AvgIpc) is 2.89. The normalized spacial score (nSPS) is 13.9. The summed E-state index contributed by atoms with van der Waals surface area (Å²) in [6, 6.07) is 19.7. The lowest BCUT2D eigenvalue weighted by Gasteiger charge is -2.26. The van der Waals surface area contributed by atoms with Gasteiger partial charge in [-0.3, -0.25) is 4.90 Å². The molecule has 2 N–H and O–H groups in total. The van der Waals surface area contributed by atoms with Crippen LogP contribution >= 0.6 is 0 Å². The van der Waals surface area contributed by atoms with E-state index in [-0.39, 0.29) is 5.56 Å². The number of benzene rings is 3. The molecule has 0 saturated carbocycles. The summed E-state index contributed by atoms with van der Waals surface area (Å²) in [6.07, 6.45) is 1.61. The van der Waals surface area contributed by atoms with Crippen LogP contribution in [0.3, 0.4) is 0 Å². The number of rotatable bonds is 9. The number of carboxylic acids is 1. The van der Waals surface area contributed by atoms with Crippen LogP contribution in [0.15, 0.2) is 72.9 Å². The number of nitrogens with zero attached hydrogens (tertiary/aromatic N) is 3. The molecule has 0 aliphatic carbocycles. The number of hydrogen-bond donors (Lipinski definition) is 2. The van der Waals surface area contributed by atoms with E-state index in [4.69, 9.17) is 14.2 Å². The van der Waals surface area contributed by atoms with Crippen molar-refractivity contribution in [3.8, 4) is 17.4 Å². The third-order valence-electron chi connectivity index (χ3n) is 5.80. The fourth-order valence-corrected chi connectivity index (χ4v) is 4.00. The van der Waals surface area contributed by atoms with Crippen LogP contribution < -0.4 is 14.8 Å². The molecule has 0 radical (unpaired) electrons. The van der Waals surface area contributed by atoms with Crippen LogP contribution in [-0.4, -0.2) is 65.4 Å². The van der Waals surface area contributed by atoms with Crippen molar-refractivity contribution < 1.29 is 24.1 Å². The van der Waals surface area contributed by atoms with Crippen LogP contribution in [0.2, 0.25) is 0 Å². The topological polar surface area (TPSA) is 106 Å². The van der Waals surface area contributed by atoms with E-state index in [2.05, 4.69) is 20.2 Å². The van der Waals surface area contributed by atoms with Crippen LogP contribution in [0.5, 0.6) is 17.4 Å². The van der Waals surface area contributed by atoms with Gasteiger partial charge in [0, 0.05) is 43.7 Å². The lowest BCUT2D eigenvalue weighted by molar-refractivity contribution is 0.0322. The van der Waals surface area contributed by atoms with Gasteiger partial charge in [0.15, 0.2) is 0 Å². The number of aromatic carboxylic acids is 1. The summed E-state index contributed by atoms with van der Waals surface area (Å²) in [4.78, 5) is 22.5. The number of ether oxygens (including phenoxy) is 3. The summed E-state index contributed by atoms with van der Waals surface area (Å²) in [5.74, 6) is 1.08. The molecule has 4 aromatic rings. The molecule has 36 heavy (non-hydrogen) atoms. The summed E-state index contributed by atoms with van der Waals surface area (Å²) < 4.78 is 17.2. The van der Waals surface area contributed by atoms with Crippen molar-refractivity contribution in [2.45, 2.75) is 0 Å². The molecule has 1 saturated heterocycles. The number of anilines is 2. The van der Waals surface area contributed by atoms with E-state index in [1.165, 1.54) is 0 Å². The standard InChI is InChI=1S/C27H26N4O5/c32-26(33)24-6-1-3-19-17-22(7-8-23(19)24)36-25-9-10-28-27(30-25)29-20-4-2-5-21(18-20)35-16-13-31-11-14-34-15-12-31/h1-10,17-18H,11-16H2,(H,32,33)(H,28,29,30). The van der Waals surface area contributed by atoms with Gasteiger partial charge in [0.1, 0.15) is 18.1 Å². The zero-order chi connectivity index (χ0) is 24.7. The van der Waals surface area contributed by atoms with E-state index in [0.717, 1.165) is 49.7 Å². The Hall–Kier alpha value is -4.21. The molecule has 184 valence electrons. The van der Waals surface area contributed by atoms with E-state index >= 15 is 0 Å². The highest BCUT2D eigenvalue weighted by Crippen LogP contribution is 2.27. The first kappa shape index (κ1) is 23.5. The zero-order valence-electron chi connectivity index (χ0n) is 19.6. The Morgan fingerprint density at radius 2 is 1.89 bits per heavy atom. The maximum Gasteiger partial charge on any atom is 0.336 e. The van der Waals surface area contributed by atoms with Crippen molar-refractivity contribution in [2.75, 3.05) is 44.8 Å². The minimum absolute atomic E-state index is 0.250. The largest absolute Gasteiger partial charge is 0.492 e. The van der Waals surface area contributed by atoms with Gasteiger partial charge in [-0.25, -0.2) is 9.78 Å². The number of fused-ring (bicyclic) bond motifs is 1. The molecular formula is C27H26N4O5. The molecule has 2 heterocycles. The molecule has 3 aromatic carbocycles. The van der Waals surface area contributed by atoms with Crippen LogP contribution in [0.25, 0.3) is 10.8 Å². The molecule has 0 unspecified atom stereocenters. The van der Waals surface area contributed by atoms with E-state index in [1.54, 1.807) is 42.6 Å². The second kappa shape index (κ2) is 11.0. The van der Waals surface area contributed by atoms with Crippen molar-refractivity contribution in [2.24, 2.45) is 0 Å². The Morgan fingerprint density at radius 3 is 2.75 bits per heavy atom. The van der Waals surface area contributed by atoms with Crippen LogP contribution in [0.4, 0.5) is 11.6 Å². The van der Waals surface area contributed by atoms with Crippen molar-refractivity contribution in [1.29, 1.82) is 0 Å². The highest BCUT2D eigenvalue weighted by molar-refractivity contribution is 6.03. The lowest BCUT2D eigenvalue weighted by atomic mass is 10.0. The Labute approximate surface area is 208 Å². The Morgan fingerprint density at radius 1 is 1.03 bits per heavy atom. The summed E-state index contributed by atoms with van der Waals surface area (Å²) in [5, 5.41) is 14.0. The third kappa shape index (κ3) is 5.88. The van der Waals surface area contributed by atoms with E-state index < -0.39 is 5.97 Å². The number of morpholine rings is 1. The van der Waals surface area contributed by atoms with Crippen molar-refractivity contribution in [1.82, 2.24) is 14.9 Å². The SMILES string of the molecule is O=C(O)c1cccc2cc(Oc3ccnc(Nc4cccc(OCCN5CCOCC5)c4)n3)ccc12. The highest BCUT2D eigenvalue weighted by Gasteiger charge is 2.11.